The van der Waals surface area contributed by atoms with Gasteiger partial charge in [0, 0.05) is 17.1 Å². The summed E-state index contributed by atoms with van der Waals surface area (Å²) in [7, 11) is 3.68. The van der Waals surface area contributed by atoms with Crippen molar-refractivity contribution in [2.24, 2.45) is 0 Å². The minimum atomic E-state index is 0.0474. The molecule has 134 valence electrons. The highest BCUT2D eigenvalue weighted by atomic mass is 35.5. The fourth-order valence-corrected chi connectivity index (χ4v) is 3.02. The van der Waals surface area contributed by atoms with Gasteiger partial charge in [-0.1, -0.05) is 35.4 Å². The number of carbonyl (C=O) groups is 1. The van der Waals surface area contributed by atoms with E-state index in [0.29, 0.717) is 13.1 Å². The number of methoxy groups -OCH3 is 1. The monoisotopic (exact) mass is 361 g/mol. The van der Waals surface area contributed by atoms with Crippen molar-refractivity contribution in [3.63, 3.8) is 0 Å². The quantitative estimate of drug-likeness (QED) is 0.755. The van der Waals surface area contributed by atoms with Crippen LogP contribution in [0, 0.1) is 6.92 Å². The highest BCUT2D eigenvalue weighted by molar-refractivity contribution is 6.30. The summed E-state index contributed by atoms with van der Waals surface area (Å²) in [5.41, 5.74) is 3.43. The second kappa shape index (κ2) is 9.44. The van der Waals surface area contributed by atoms with Gasteiger partial charge in [-0.3, -0.25) is 4.79 Å². The van der Waals surface area contributed by atoms with Crippen LogP contribution in [0.2, 0.25) is 5.02 Å². The van der Waals surface area contributed by atoms with Crippen LogP contribution in [0.5, 0.6) is 5.75 Å². The van der Waals surface area contributed by atoms with E-state index in [2.05, 4.69) is 18.3 Å². The molecule has 4 nitrogen and oxygen atoms in total. The van der Waals surface area contributed by atoms with Crippen molar-refractivity contribution in [2.45, 2.75) is 19.9 Å². The highest BCUT2D eigenvalue weighted by Gasteiger charge is 2.13. The molecule has 0 saturated carbocycles. The van der Waals surface area contributed by atoms with Gasteiger partial charge in [0.2, 0.25) is 0 Å². The minimum Gasteiger partial charge on any atom is -0.496 e. The fourth-order valence-electron chi connectivity index (χ4n) is 2.81. The van der Waals surface area contributed by atoms with Gasteiger partial charge in [-0.05, 0) is 43.2 Å². The van der Waals surface area contributed by atoms with Crippen LogP contribution >= 0.6 is 11.6 Å². The summed E-state index contributed by atoms with van der Waals surface area (Å²) in [5.74, 6) is 0.914. The maximum absolute atomic E-state index is 12.1. The number of hydrogen-bond donors (Lipinski definition) is 2. The molecule has 0 saturated heterocycles. The van der Waals surface area contributed by atoms with Gasteiger partial charge < -0.3 is 15.0 Å². The Kier molecular flexibility index (Phi) is 7.29. The third-order valence-corrected chi connectivity index (χ3v) is 4.25. The van der Waals surface area contributed by atoms with Crippen molar-refractivity contribution in [2.75, 3.05) is 27.2 Å². The largest absolute Gasteiger partial charge is 0.496 e. The first-order valence-electron chi connectivity index (χ1n) is 8.44. The summed E-state index contributed by atoms with van der Waals surface area (Å²) in [6.45, 7) is 3.83. The SMILES string of the molecule is COc1ccc(C)cc1C[NH+](C)CC(=O)NCCc1cccc(Cl)c1. The van der Waals surface area contributed by atoms with Gasteiger partial charge in [-0.25, -0.2) is 0 Å². The summed E-state index contributed by atoms with van der Waals surface area (Å²) in [4.78, 5) is 13.2. The first-order chi connectivity index (χ1) is 12.0. The van der Waals surface area contributed by atoms with Gasteiger partial charge in [0.25, 0.3) is 5.91 Å². The molecule has 5 heteroatoms. The molecule has 2 N–H and O–H groups in total. The van der Waals surface area contributed by atoms with Crippen LogP contribution in [0.1, 0.15) is 16.7 Å². The van der Waals surface area contributed by atoms with E-state index in [1.165, 1.54) is 5.56 Å². The van der Waals surface area contributed by atoms with E-state index >= 15 is 0 Å². The van der Waals surface area contributed by atoms with Crippen LogP contribution in [0.4, 0.5) is 0 Å². The molecule has 0 heterocycles. The molecular weight excluding hydrogens is 336 g/mol. The molecule has 0 radical (unpaired) electrons. The van der Waals surface area contributed by atoms with Gasteiger partial charge in [0.15, 0.2) is 6.54 Å². The zero-order chi connectivity index (χ0) is 18.2. The molecule has 0 aromatic heterocycles. The summed E-state index contributed by atoms with van der Waals surface area (Å²) in [6.07, 6.45) is 0.775. The van der Waals surface area contributed by atoms with Crippen molar-refractivity contribution in [3.05, 3.63) is 64.2 Å². The molecule has 0 aliphatic carbocycles. The third kappa shape index (κ3) is 6.40. The van der Waals surface area contributed by atoms with Crippen LogP contribution in [-0.4, -0.2) is 33.2 Å². The van der Waals surface area contributed by atoms with E-state index in [0.717, 1.165) is 39.8 Å². The van der Waals surface area contributed by atoms with Crippen molar-refractivity contribution < 1.29 is 14.4 Å². The molecule has 0 spiro atoms. The molecule has 25 heavy (non-hydrogen) atoms. The number of aryl methyl sites for hydroxylation is 1. The average molecular weight is 362 g/mol. The van der Waals surface area contributed by atoms with Gasteiger partial charge in [-0.15, -0.1) is 0 Å². The Hall–Kier alpha value is -2.04. The Bertz CT molecular complexity index is 719. The van der Waals surface area contributed by atoms with Gasteiger partial charge >= 0.3 is 0 Å². The Labute approximate surface area is 154 Å². The van der Waals surface area contributed by atoms with Gasteiger partial charge in [0.1, 0.15) is 12.3 Å². The van der Waals surface area contributed by atoms with Gasteiger partial charge in [-0.2, -0.15) is 0 Å². The molecule has 0 bridgehead atoms. The van der Waals surface area contributed by atoms with Crippen molar-refractivity contribution in [1.82, 2.24) is 5.32 Å². The lowest BCUT2D eigenvalue weighted by atomic mass is 10.1. The lowest BCUT2D eigenvalue weighted by molar-refractivity contribution is -0.885. The highest BCUT2D eigenvalue weighted by Crippen LogP contribution is 2.18. The van der Waals surface area contributed by atoms with Crippen LogP contribution in [0.15, 0.2) is 42.5 Å². The van der Waals surface area contributed by atoms with Crippen LogP contribution in [0.3, 0.4) is 0 Å². The van der Waals surface area contributed by atoms with Crippen molar-refractivity contribution in [1.29, 1.82) is 0 Å². The second-order valence-electron chi connectivity index (χ2n) is 6.36. The Morgan fingerprint density at radius 1 is 1.24 bits per heavy atom. The Morgan fingerprint density at radius 3 is 2.76 bits per heavy atom. The molecule has 2 aromatic rings. The number of hydrogen-bond acceptors (Lipinski definition) is 2. The molecule has 1 atom stereocenters. The molecule has 0 aliphatic heterocycles. The van der Waals surface area contributed by atoms with Gasteiger partial charge in [0.05, 0.1) is 14.2 Å². The normalized spacial score (nSPS) is 11.8. The molecular formula is C20H26ClN2O2+. The molecule has 1 amide bonds. The number of likely N-dealkylation sites (N-methyl/N-ethyl adjacent to an activating group) is 1. The number of halogens is 1. The maximum Gasteiger partial charge on any atom is 0.275 e. The third-order valence-electron chi connectivity index (χ3n) is 4.02. The lowest BCUT2D eigenvalue weighted by Gasteiger charge is -2.16. The van der Waals surface area contributed by atoms with E-state index in [1.54, 1.807) is 7.11 Å². The first kappa shape index (κ1) is 19.3. The second-order valence-corrected chi connectivity index (χ2v) is 6.79. The summed E-state index contributed by atoms with van der Waals surface area (Å²) in [6, 6.07) is 13.8. The molecule has 1 unspecified atom stereocenters. The fraction of sp³-hybridized carbons (Fsp3) is 0.350. The minimum absolute atomic E-state index is 0.0474. The van der Waals surface area contributed by atoms with E-state index in [4.69, 9.17) is 16.3 Å². The number of quaternary nitrogens is 1. The molecule has 2 rings (SSSR count). The van der Waals surface area contributed by atoms with E-state index in [1.807, 2.05) is 43.4 Å². The number of rotatable bonds is 8. The molecule has 0 aliphatic rings. The number of nitrogens with one attached hydrogen (secondary N) is 2. The van der Waals surface area contributed by atoms with E-state index < -0.39 is 0 Å². The first-order valence-corrected chi connectivity index (χ1v) is 8.81. The smallest absolute Gasteiger partial charge is 0.275 e. The van der Waals surface area contributed by atoms with Crippen LogP contribution in [-0.2, 0) is 17.8 Å². The maximum atomic E-state index is 12.1. The molecule has 0 fully saturated rings. The topological polar surface area (TPSA) is 42.8 Å². The van der Waals surface area contributed by atoms with Crippen molar-refractivity contribution >= 4 is 17.5 Å². The van der Waals surface area contributed by atoms with Crippen molar-refractivity contribution in [3.8, 4) is 5.75 Å². The summed E-state index contributed by atoms with van der Waals surface area (Å²) < 4.78 is 5.41. The standard InChI is InChI=1S/C20H25ClN2O2/c1-15-7-8-19(25-3)17(11-15)13-23(2)14-20(24)22-10-9-16-5-4-6-18(21)12-16/h4-8,11-12H,9-10,13-14H2,1-3H3,(H,22,24)/p+1. The summed E-state index contributed by atoms with van der Waals surface area (Å²) in [5, 5.41) is 3.70. The zero-order valence-electron chi connectivity index (χ0n) is 15.1. The summed E-state index contributed by atoms with van der Waals surface area (Å²) >= 11 is 5.97. The zero-order valence-corrected chi connectivity index (χ0v) is 15.8. The molecule has 2 aromatic carbocycles. The van der Waals surface area contributed by atoms with E-state index in [9.17, 15) is 4.79 Å². The van der Waals surface area contributed by atoms with Crippen LogP contribution < -0.4 is 15.0 Å². The van der Waals surface area contributed by atoms with E-state index in [-0.39, 0.29) is 5.91 Å². The number of ether oxygens (including phenoxy) is 1. The predicted octanol–water partition coefficient (Wildman–Crippen LogP) is 2.03. The average Bonchev–Trinajstić information content (AvgIpc) is 2.55. The lowest BCUT2D eigenvalue weighted by Crippen LogP contribution is -3.08. The number of amides is 1. The van der Waals surface area contributed by atoms with Crippen LogP contribution in [0.25, 0.3) is 0 Å². The predicted molar refractivity (Wildman–Crippen MR) is 101 cm³/mol. The Morgan fingerprint density at radius 2 is 2.04 bits per heavy atom. The number of carbonyl (C=O) groups excluding carboxylic acids is 1. The number of benzene rings is 2. The Balaban J connectivity index is 1.79.